The molecule has 0 unspecified atom stereocenters. The van der Waals surface area contributed by atoms with Gasteiger partial charge in [0.25, 0.3) is 0 Å². The average Bonchev–Trinajstić information content (AvgIpc) is 2.14. The van der Waals surface area contributed by atoms with E-state index in [-0.39, 0.29) is 0 Å². The van der Waals surface area contributed by atoms with Crippen LogP contribution in [0.5, 0.6) is 0 Å². The maximum Gasteiger partial charge on any atom is 0.0371 e. The third kappa shape index (κ3) is 4.51. The lowest BCUT2D eigenvalue weighted by Gasteiger charge is -2.06. The summed E-state index contributed by atoms with van der Waals surface area (Å²) >= 11 is 0. The third-order valence-electron chi connectivity index (χ3n) is 1.97. The van der Waals surface area contributed by atoms with Crippen LogP contribution in [0.15, 0.2) is 24.5 Å². The van der Waals surface area contributed by atoms with Gasteiger partial charge >= 0.3 is 0 Å². The number of hydrogen-bond acceptors (Lipinski definition) is 2. The summed E-state index contributed by atoms with van der Waals surface area (Å²) in [6.45, 7) is 5.57. The molecule has 1 rings (SSSR count). The van der Waals surface area contributed by atoms with Gasteiger partial charge in [0, 0.05) is 24.6 Å². The Hall–Kier alpha value is -1.05. The largest absolute Gasteiger partial charge is 0.385 e. The van der Waals surface area contributed by atoms with Crippen molar-refractivity contribution in [3.05, 3.63) is 24.5 Å². The predicted octanol–water partition coefficient (Wildman–Crippen LogP) is 2.93. The summed E-state index contributed by atoms with van der Waals surface area (Å²) < 4.78 is 0. The Morgan fingerprint density at radius 1 is 1.31 bits per heavy atom. The smallest absolute Gasteiger partial charge is 0.0371 e. The second kappa shape index (κ2) is 5.57. The molecular weight excluding hydrogens is 160 g/mol. The quantitative estimate of drug-likeness (QED) is 0.701. The minimum Gasteiger partial charge on any atom is -0.385 e. The summed E-state index contributed by atoms with van der Waals surface area (Å²) in [6.07, 6.45) is 6.15. The molecule has 0 saturated carbocycles. The summed E-state index contributed by atoms with van der Waals surface area (Å²) in [5, 5.41) is 3.36. The molecular formula is C11H18N2. The Kier molecular flexibility index (Phi) is 4.30. The van der Waals surface area contributed by atoms with E-state index >= 15 is 0 Å². The average molecular weight is 178 g/mol. The third-order valence-corrected chi connectivity index (χ3v) is 1.97. The van der Waals surface area contributed by atoms with E-state index in [0.717, 1.165) is 12.5 Å². The summed E-state index contributed by atoms with van der Waals surface area (Å²) in [5.41, 5.74) is 1.17. The van der Waals surface area contributed by atoms with Gasteiger partial charge in [-0.05, 0) is 30.9 Å². The molecule has 0 aliphatic rings. The van der Waals surface area contributed by atoms with Gasteiger partial charge in [-0.1, -0.05) is 13.8 Å². The number of nitrogens with one attached hydrogen (secondary N) is 1. The Labute approximate surface area is 80.4 Å². The first-order valence-corrected chi connectivity index (χ1v) is 4.93. The minimum atomic E-state index is 0.805. The van der Waals surface area contributed by atoms with Gasteiger partial charge in [-0.25, -0.2) is 0 Å². The number of rotatable bonds is 5. The number of aromatic nitrogens is 1. The highest BCUT2D eigenvalue weighted by Crippen LogP contribution is 2.06. The van der Waals surface area contributed by atoms with Gasteiger partial charge in [-0.15, -0.1) is 0 Å². The first-order valence-electron chi connectivity index (χ1n) is 4.93. The normalized spacial score (nSPS) is 10.4. The van der Waals surface area contributed by atoms with Gasteiger partial charge in [-0.3, -0.25) is 4.98 Å². The monoisotopic (exact) mass is 178 g/mol. The van der Waals surface area contributed by atoms with E-state index in [1.54, 1.807) is 0 Å². The molecule has 1 aromatic rings. The van der Waals surface area contributed by atoms with Crippen molar-refractivity contribution in [1.82, 2.24) is 4.98 Å². The molecule has 0 spiro atoms. The van der Waals surface area contributed by atoms with Crippen molar-refractivity contribution >= 4 is 5.69 Å². The van der Waals surface area contributed by atoms with Crippen LogP contribution in [0, 0.1) is 5.92 Å². The molecule has 1 heterocycles. The Morgan fingerprint density at radius 3 is 2.62 bits per heavy atom. The summed E-state index contributed by atoms with van der Waals surface area (Å²) in [7, 11) is 0. The second-order valence-corrected chi connectivity index (χ2v) is 3.70. The zero-order chi connectivity index (χ0) is 9.52. The SMILES string of the molecule is CC(C)CCCNc1ccncc1. The standard InChI is InChI=1S/C11H18N2/c1-10(2)4-3-7-13-11-5-8-12-9-6-11/h5-6,8-10H,3-4,7H2,1-2H3,(H,12,13). The van der Waals surface area contributed by atoms with Crippen molar-refractivity contribution in [3.63, 3.8) is 0 Å². The highest BCUT2D eigenvalue weighted by atomic mass is 14.9. The summed E-state index contributed by atoms with van der Waals surface area (Å²) in [4.78, 5) is 3.96. The zero-order valence-corrected chi connectivity index (χ0v) is 8.46. The van der Waals surface area contributed by atoms with Crippen LogP contribution in [0.2, 0.25) is 0 Å². The Morgan fingerprint density at radius 2 is 2.00 bits per heavy atom. The van der Waals surface area contributed by atoms with E-state index in [4.69, 9.17) is 0 Å². The maximum absolute atomic E-state index is 3.96. The van der Waals surface area contributed by atoms with Crippen LogP contribution in [-0.4, -0.2) is 11.5 Å². The van der Waals surface area contributed by atoms with Crippen LogP contribution in [0.1, 0.15) is 26.7 Å². The molecule has 1 aromatic heterocycles. The van der Waals surface area contributed by atoms with E-state index in [2.05, 4.69) is 24.1 Å². The number of hydrogen-bond donors (Lipinski definition) is 1. The van der Waals surface area contributed by atoms with Crippen LogP contribution in [0.25, 0.3) is 0 Å². The summed E-state index contributed by atoms with van der Waals surface area (Å²) in [6, 6.07) is 3.99. The molecule has 0 fully saturated rings. The fourth-order valence-corrected chi connectivity index (χ4v) is 1.21. The fourth-order valence-electron chi connectivity index (χ4n) is 1.21. The van der Waals surface area contributed by atoms with Gasteiger partial charge in [0.15, 0.2) is 0 Å². The predicted molar refractivity (Wildman–Crippen MR) is 56.8 cm³/mol. The molecule has 0 aromatic carbocycles. The molecule has 0 aliphatic heterocycles. The minimum absolute atomic E-state index is 0.805. The molecule has 0 radical (unpaired) electrons. The lowest BCUT2D eigenvalue weighted by Crippen LogP contribution is -2.02. The van der Waals surface area contributed by atoms with Gasteiger partial charge in [0.2, 0.25) is 0 Å². The van der Waals surface area contributed by atoms with Crippen molar-refractivity contribution in [2.75, 3.05) is 11.9 Å². The van der Waals surface area contributed by atoms with E-state index in [9.17, 15) is 0 Å². The Balaban J connectivity index is 2.13. The second-order valence-electron chi connectivity index (χ2n) is 3.70. The molecule has 13 heavy (non-hydrogen) atoms. The van der Waals surface area contributed by atoms with Gasteiger partial charge in [0.05, 0.1) is 0 Å². The first-order chi connectivity index (χ1) is 6.29. The molecule has 0 saturated heterocycles. The van der Waals surface area contributed by atoms with Gasteiger partial charge in [0.1, 0.15) is 0 Å². The zero-order valence-electron chi connectivity index (χ0n) is 8.46. The molecule has 2 heteroatoms. The lowest BCUT2D eigenvalue weighted by molar-refractivity contribution is 0.567. The Bertz CT molecular complexity index is 219. The van der Waals surface area contributed by atoms with Crippen molar-refractivity contribution in [2.24, 2.45) is 5.92 Å². The summed E-state index contributed by atoms with van der Waals surface area (Å²) in [5.74, 6) is 0.805. The maximum atomic E-state index is 3.96. The fraction of sp³-hybridized carbons (Fsp3) is 0.545. The van der Waals surface area contributed by atoms with Crippen molar-refractivity contribution in [2.45, 2.75) is 26.7 Å². The van der Waals surface area contributed by atoms with Crippen molar-refractivity contribution < 1.29 is 0 Å². The van der Waals surface area contributed by atoms with Crippen LogP contribution < -0.4 is 5.32 Å². The number of pyridine rings is 1. The van der Waals surface area contributed by atoms with Crippen LogP contribution in [0.3, 0.4) is 0 Å². The number of anilines is 1. The van der Waals surface area contributed by atoms with Crippen LogP contribution in [-0.2, 0) is 0 Å². The highest BCUT2D eigenvalue weighted by molar-refractivity contribution is 5.40. The van der Waals surface area contributed by atoms with Crippen LogP contribution >= 0.6 is 0 Å². The van der Waals surface area contributed by atoms with E-state index < -0.39 is 0 Å². The van der Waals surface area contributed by atoms with E-state index in [1.807, 2.05) is 24.5 Å². The molecule has 0 aliphatic carbocycles. The molecule has 0 amide bonds. The molecule has 0 atom stereocenters. The molecule has 1 N–H and O–H groups in total. The molecule has 72 valence electrons. The van der Waals surface area contributed by atoms with E-state index in [1.165, 1.54) is 18.5 Å². The highest BCUT2D eigenvalue weighted by Gasteiger charge is 1.93. The topological polar surface area (TPSA) is 24.9 Å². The number of nitrogens with zero attached hydrogens (tertiary/aromatic N) is 1. The first kappa shape index (κ1) is 10.0. The molecule has 0 bridgehead atoms. The molecule has 2 nitrogen and oxygen atoms in total. The van der Waals surface area contributed by atoms with Gasteiger partial charge < -0.3 is 5.32 Å². The van der Waals surface area contributed by atoms with Gasteiger partial charge in [-0.2, -0.15) is 0 Å². The van der Waals surface area contributed by atoms with Crippen LogP contribution in [0.4, 0.5) is 5.69 Å². The lowest BCUT2D eigenvalue weighted by atomic mass is 10.1. The van der Waals surface area contributed by atoms with E-state index in [0.29, 0.717) is 0 Å². The van der Waals surface area contributed by atoms with Crippen molar-refractivity contribution in [3.8, 4) is 0 Å². The van der Waals surface area contributed by atoms with Crippen molar-refractivity contribution in [1.29, 1.82) is 0 Å².